The van der Waals surface area contributed by atoms with Crippen LogP contribution in [0.3, 0.4) is 0 Å². The van der Waals surface area contributed by atoms with Crippen LogP contribution >= 0.6 is 0 Å². The van der Waals surface area contributed by atoms with Crippen LogP contribution in [-0.4, -0.2) is 36.5 Å². The molecule has 1 heterocycles. The van der Waals surface area contributed by atoms with Gasteiger partial charge in [-0.1, -0.05) is 24.0 Å². The Hall–Kier alpha value is -2.94. The Balaban J connectivity index is 1.99. The van der Waals surface area contributed by atoms with Gasteiger partial charge in [0, 0.05) is 13.2 Å². The summed E-state index contributed by atoms with van der Waals surface area (Å²) in [6, 6.07) is 7.45. The van der Waals surface area contributed by atoms with E-state index in [-0.39, 0.29) is 18.3 Å². The van der Waals surface area contributed by atoms with E-state index in [9.17, 15) is 4.79 Å². The molecule has 6 heteroatoms. The molecule has 0 bridgehead atoms. The summed E-state index contributed by atoms with van der Waals surface area (Å²) >= 11 is 0. The number of hydrogen-bond donors (Lipinski definition) is 1. The third-order valence-electron chi connectivity index (χ3n) is 2.90. The fourth-order valence-electron chi connectivity index (χ4n) is 1.88. The van der Waals surface area contributed by atoms with E-state index in [4.69, 9.17) is 9.47 Å². The number of aromatic nitrogens is 2. The van der Waals surface area contributed by atoms with E-state index in [2.05, 4.69) is 22.3 Å². The number of carbonyl (C=O) groups is 1. The SMILES string of the molecule is COc1ccccc1C#CCNC(=O)c1cn(C)nc1OC. The van der Waals surface area contributed by atoms with Crippen molar-refractivity contribution >= 4 is 5.91 Å². The van der Waals surface area contributed by atoms with Crippen LogP contribution in [0, 0.1) is 11.8 Å². The topological polar surface area (TPSA) is 65.4 Å². The smallest absolute Gasteiger partial charge is 0.259 e. The highest BCUT2D eigenvalue weighted by Crippen LogP contribution is 2.15. The molecule has 0 aliphatic rings. The van der Waals surface area contributed by atoms with E-state index < -0.39 is 0 Å². The van der Waals surface area contributed by atoms with Gasteiger partial charge in [0.25, 0.3) is 5.91 Å². The van der Waals surface area contributed by atoms with Gasteiger partial charge in [-0.25, -0.2) is 0 Å². The quantitative estimate of drug-likeness (QED) is 0.862. The summed E-state index contributed by atoms with van der Waals surface area (Å²) in [5, 5.41) is 6.74. The lowest BCUT2D eigenvalue weighted by atomic mass is 10.2. The number of aryl methyl sites for hydroxylation is 1. The molecule has 114 valence electrons. The van der Waals surface area contributed by atoms with E-state index in [1.165, 1.54) is 11.8 Å². The van der Waals surface area contributed by atoms with Gasteiger partial charge < -0.3 is 14.8 Å². The normalized spacial score (nSPS) is 9.59. The molecule has 6 nitrogen and oxygen atoms in total. The largest absolute Gasteiger partial charge is 0.495 e. The lowest BCUT2D eigenvalue weighted by Gasteiger charge is -2.02. The van der Waals surface area contributed by atoms with Gasteiger partial charge in [0.1, 0.15) is 11.3 Å². The minimum atomic E-state index is -0.278. The van der Waals surface area contributed by atoms with Crippen LogP contribution < -0.4 is 14.8 Å². The lowest BCUT2D eigenvalue weighted by Crippen LogP contribution is -2.23. The number of methoxy groups -OCH3 is 2. The second kappa shape index (κ2) is 7.18. The van der Waals surface area contributed by atoms with Crippen LogP contribution in [0.1, 0.15) is 15.9 Å². The molecule has 0 aliphatic heterocycles. The Morgan fingerprint density at radius 3 is 2.82 bits per heavy atom. The number of nitrogens with one attached hydrogen (secondary N) is 1. The molecule has 0 radical (unpaired) electrons. The fraction of sp³-hybridized carbons (Fsp3) is 0.250. The molecular weight excluding hydrogens is 282 g/mol. The van der Waals surface area contributed by atoms with Gasteiger partial charge in [0.2, 0.25) is 5.88 Å². The van der Waals surface area contributed by atoms with Crippen molar-refractivity contribution in [1.29, 1.82) is 0 Å². The van der Waals surface area contributed by atoms with Crippen molar-refractivity contribution in [1.82, 2.24) is 15.1 Å². The first-order chi connectivity index (χ1) is 10.7. The van der Waals surface area contributed by atoms with Crippen molar-refractivity contribution in [3.05, 3.63) is 41.6 Å². The van der Waals surface area contributed by atoms with Crippen molar-refractivity contribution in [2.24, 2.45) is 7.05 Å². The molecule has 2 aromatic rings. The Bertz CT molecular complexity index is 726. The number of benzene rings is 1. The second-order valence-corrected chi connectivity index (χ2v) is 4.41. The van der Waals surface area contributed by atoms with Crippen molar-refractivity contribution < 1.29 is 14.3 Å². The molecule has 0 atom stereocenters. The highest BCUT2D eigenvalue weighted by atomic mass is 16.5. The highest BCUT2D eigenvalue weighted by molar-refractivity contribution is 5.96. The summed E-state index contributed by atoms with van der Waals surface area (Å²) in [6.07, 6.45) is 1.60. The molecular formula is C16H17N3O3. The zero-order valence-corrected chi connectivity index (χ0v) is 12.7. The lowest BCUT2D eigenvalue weighted by molar-refractivity contribution is 0.0955. The maximum absolute atomic E-state index is 12.0. The van der Waals surface area contributed by atoms with Crippen LogP contribution in [-0.2, 0) is 7.05 Å². The predicted octanol–water partition coefficient (Wildman–Crippen LogP) is 1.22. The zero-order chi connectivity index (χ0) is 15.9. The van der Waals surface area contributed by atoms with Gasteiger partial charge in [-0.05, 0) is 12.1 Å². The summed E-state index contributed by atoms with van der Waals surface area (Å²) in [7, 11) is 4.79. The first-order valence-corrected chi connectivity index (χ1v) is 6.63. The molecule has 1 aromatic carbocycles. The first kappa shape index (κ1) is 15.4. The average Bonchev–Trinajstić information content (AvgIpc) is 2.92. The molecule has 1 aromatic heterocycles. The van der Waals surface area contributed by atoms with Crippen molar-refractivity contribution in [2.45, 2.75) is 0 Å². The van der Waals surface area contributed by atoms with E-state index in [0.29, 0.717) is 11.3 Å². The zero-order valence-electron chi connectivity index (χ0n) is 12.7. The van der Waals surface area contributed by atoms with E-state index in [1.807, 2.05) is 24.3 Å². The van der Waals surface area contributed by atoms with Crippen LogP contribution in [0.25, 0.3) is 0 Å². The Labute approximate surface area is 129 Å². The second-order valence-electron chi connectivity index (χ2n) is 4.41. The van der Waals surface area contributed by atoms with E-state index >= 15 is 0 Å². The van der Waals surface area contributed by atoms with Crippen LogP contribution in [0.15, 0.2) is 30.5 Å². The maximum Gasteiger partial charge on any atom is 0.259 e. The number of nitrogens with zero attached hydrogens (tertiary/aromatic N) is 2. The van der Waals surface area contributed by atoms with Crippen LogP contribution in [0.5, 0.6) is 11.6 Å². The highest BCUT2D eigenvalue weighted by Gasteiger charge is 2.15. The monoisotopic (exact) mass is 299 g/mol. The number of para-hydroxylation sites is 1. The standard InChI is InChI=1S/C16H17N3O3/c1-19-11-13(16(18-19)22-3)15(20)17-10-6-8-12-7-4-5-9-14(12)21-2/h4-5,7,9,11H,10H2,1-3H3,(H,17,20). The number of ether oxygens (including phenoxy) is 2. The molecule has 1 amide bonds. The summed E-state index contributed by atoms with van der Waals surface area (Å²) in [5.74, 6) is 6.57. The Morgan fingerprint density at radius 2 is 2.09 bits per heavy atom. The molecule has 0 spiro atoms. The van der Waals surface area contributed by atoms with Gasteiger partial charge in [0.05, 0.1) is 26.3 Å². The molecule has 0 unspecified atom stereocenters. The van der Waals surface area contributed by atoms with E-state index in [0.717, 1.165) is 5.56 Å². The molecule has 0 saturated heterocycles. The maximum atomic E-state index is 12.0. The van der Waals surface area contributed by atoms with Gasteiger partial charge in [-0.15, -0.1) is 5.10 Å². The average molecular weight is 299 g/mol. The van der Waals surface area contributed by atoms with Crippen LogP contribution in [0.4, 0.5) is 0 Å². The van der Waals surface area contributed by atoms with Crippen molar-refractivity contribution in [3.8, 4) is 23.5 Å². The molecule has 0 aliphatic carbocycles. The van der Waals surface area contributed by atoms with Crippen molar-refractivity contribution in [2.75, 3.05) is 20.8 Å². The number of amides is 1. The predicted molar refractivity (Wildman–Crippen MR) is 82.0 cm³/mol. The fourth-order valence-corrected chi connectivity index (χ4v) is 1.88. The molecule has 22 heavy (non-hydrogen) atoms. The minimum Gasteiger partial charge on any atom is -0.495 e. The Kier molecular flexibility index (Phi) is 5.04. The molecule has 0 saturated carbocycles. The van der Waals surface area contributed by atoms with Crippen LogP contribution in [0.2, 0.25) is 0 Å². The Morgan fingerprint density at radius 1 is 1.32 bits per heavy atom. The number of rotatable bonds is 4. The van der Waals surface area contributed by atoms with Gasteiger partial charge in [-0.3, -0.25) is 9.48 Å². The van der Waals surface area contributed by atoms with Crippen molar-refractivity contribution in [3.63, 3.8) is 0 Å². The first-order valence-electron chi connectivity index (χ1n) is 6.63. The summed E-state index contributed by atoms with van der Waals surface area (Å²) in [4.78, 5) is 12.0. The van der Waals surface area contributed by atoms with Gasteiger partial charge >= 0.3 is 0 Å². The summed E-state index contributed by atoms with van der Waals surface area (Å²) in [6.45, 7) is 0.217. The number of carbonyl (C=O) groups excluding carboxylic acids is 1. The molecule has 0 fully saturated rings. The van der Waals surface area contributed by atoms with Gasteiger partial charge in [0.15, 0.2) is 0 Å². The van der Waals surface area contributed by atoms with E-state index in [1.54, 1.807) is 20.4 Å². The minimum absolute atomic E-state index is 0.217. The third-order valence-corrected chi connectivity index (χ3v) is 2.90. The van der Waals surface area contributed by atoms with Gasteiger partial charge in [-0.2, -0.15) is 0 Å². The summed E-state index contributed by atoms with van der Waals surface area (Å²) in [5.41, 5.74) is 1.15. The molecule has 1 N–H and O–H groups in total. The third kappa shape index (κ3) is 3.58. The number of hydrogen-bond acceptors (Lipinski definition) is 4. The molecule has 2 rings (SSSR count). The summed E-state index contributed by atoms with van der Waals surface area (Å²) < 4.78 is 11.8.